The third-order valence-electron chi connectivity index (χ3n) is 6.26. The predicted molar refractivity (Wildman–Crippen MR) is 117 cm³/mol. The number of nitrogens with two attached hydrogens (primary N) is 3. The highest BCUT2D eigenvalue weighted by molar-refractivity contribution is 5.77. The van der Waals surface area contributed by atoms with E-state index in [2.05, 4.69) is 4.99 Å². The summed E-state index contributed by atoms with van der Waals surface area (Å²) in [6.07, 6.45) is -13.3. The van der Waals surface area contributed by atoms with Crippen molar-refractivity contribution in [1.82, 2.24) is 9.55 Å². The zero-order chi connectivity index (χ0) is 27.2. The van der Waals surface area contributed by atoms with E-state index in [-0.39, 0.29) is 6.42 Å². The number of rotatable bonds is 6. The summed E-state index contributed by atoms with van der Waals surface area (Å²) >= 11 is 0. The van der Waals surface area contributed by atoms with Gasteiger partial charge in [0.2, 0.25) is 0 Å². The van der Waals surface area contributed by atoms with Gasteiger partial charge < -0.3 is 56.6 Å². The molecule has 204 valence electrons. The molecule has 0 aliphatic carbocycles. The molecule has 1 aromatic heterocycles. The van der Waals surface area contributed by atoms with Gasteiger partial charge in [-0.2, -0.15) is 0 Å². The van der Waals surface area contributed by atoms with Gasteiger partial charge in [0, 0.05) is 24.7 Å². The zero-order valence-corrected chi connectivity index (χ0v) is 18.9. The number of fused-ring (bicyclic) bond motifs is 1. The molecule has 3 aliphatic heterocycles. The second-order valence-corrected chi connectivity index (χ2v) is 8.73. The van der Waals surface area contributed by atoms with Gasteiger partial charge in [-0.3, -0.25) is 14.3 Å². The molecule has 1 aromatic rings. The van der Waals surface area contributed by atoms with Crippen LogP contribution in [0.4, 0.5) is 0 Å². The van der Waals surface area contributed by atoms with Crippen molar-refractivity contribution >= 4 is 17.9 Å². The minimum absolute atomic E-state index is 0.243. The molecule has 0 aromatic carbocycles. The Morgan fingerprint density at radius 3 is 2.38 bits per heavy atom. The second-order valence-electron chi connectivity index (χ2n) is 8.73. The van der Waals surface area contributed by atoms with Gasteiger partial charge in [-0.15, -0.1) is 0 Å². The van der Waals surface area contributed by atoms with Crippen LogP contribution < -0.4 is 28.5 Å². The van der Waals surface area contributed by atoms with Crippen LogP contribution >= 0.6 is 0 Å². The van der Waals surface area contributed by atoms with E-state index in [0.29, 0.717) is 0 Å². The number of carbonyl (C=O) groups is 2. The summed E-state index contributed by atoms with van der Waals surface area (Å²) in [4.78, 5) is 53.3. The maximum Gasteiger partial charge on any atom is 0.335 e. The molecule has 3 saturated heterocycles. The summed E-state index contributed by atoms with van der Waals surface area (Å²) in [6.45, 7) is 0. The number of nitrogens with zero attached hydrogens (tertiary/aromatic N) is 2. The summed E-state index contributed by atoms with van der Waals surface area (Å²) in [6, 6.07) is -1.51. The SMILES string of the molecule is NC(N)=N[C@H]1[C@H]2O[C@@H](n3ccc(=O)[nH]c3=O)[C@H](O)[C@@H]2O[C@H](C(=O)O)[C@@H]1O[C@@H]1O[C@H](C(=O)O)C[C@@H](N)[C@H]1O. The lowest BCUT2D eigenvalue weighted by atomic mass is 9.91. The first-order chi connectivity index (χ1) is 17.4. The Labute approximate surface area is 206 Å². The van der Waals surface area contributed by atoms with Crippen LogP contribution in [0.25, 0.3) is 0 Å². The molecule has 3 fully saturated rings. The topological polar surface area (TPSA) is 297 Å². The summed E-state index contributed by atoms with van der Waals surface area (Å²) in [5.74, 6) is -3.50. The number of aromatic amines is 1. The number of H-pyrrole nitrogens is 1. The minimum atomic E-state index is -1.88. The first-order valence-corrected chi connectivity index (χ1v) is 11.0. The highest BCUT2D eigenvalue weighted by Gasteiger charge is 2.59. The van der Waals surface area contributed by atoms with Crippen molar-refractivity contribution in [1.29, 1.82) is 0 Å². The normalized spacial score (nSPS) is 39.5. The van der Waals surface area contributed by atoms with Crippen LogP contribution in [0.5, 0.6) is 0 Å². The van der Waals surface area contributed by atoms with E-state index in [1.807, 2.05) is 4.98 Å². The van der Waals surface area contributed by atoms with Gasteiger partial charge in [0.15, 0.2) is 30.7 Å². The number of nitrogens with one attached hydrogen (secondary N) is 1. The molecule has 0 spiro atoms. The minimum Gasteiger partial charge on any atom is -0.479 e. The van der Waals surface area contributed by atoms with Gasteiger partial charge >= 0.3 is 17.6 Å². The molecule has 11 atom stereocenters. The van der Waals surface area contributed by atoms with E-state index >= 15 is 0 Å². The van der Waals surface area contributed by atoms with Crippen molar-refractivity contribution in [3.63, 3.8) is 0 Å². The number of guanidine groups is 1. The fourth-order valence-corrected chi connectivity index (χ4v) is 4.56. The van der Waals surface area contributed by atoms with Gasteiger partial charge in [0.25, 0.3) is 5.56 Å². The number of carboxylic acid groups (broad SMARTS) is 2. The van der Waals surface area contributed by atoms with Gasteiger partial charge in [0.1, 0.15) is 36.6 Å². The zero-order valence-electron chi connectivity index (χ0n) is 18.9. The largest absolute Gasteiger partial charge is 0.479 e. The predicted octanol–water partition coefficient (Wildman–Crippen LogP) is -5.44. The number of hydrogen-bond acceptors (Lipinski definition) is 12. The van der Waals surface area contributed by atoms with Crippen molar-refractivity contribution in [2.75, 3.05) is 0 Å². The van der Waals surface area contributed by atoms with E-state index < -0.39 is 96.5 Å². The summed E-state index contributed by atoms with van der Waals surface area (Å²) in [5, 5.41) is 40.5. The average Bonchev–Trinajstić information content (AvgIpc) is 3.13. The Kier molecular flexibility index (Phi) is 7.33. The van der Waals surface area contributed by atoms with Gasteiger partial charge in [-0.05, 0) is 0 Å². The molecule has 0 amide bonds. The second kappa shape index (κ2) is 10.2. The molecule has 0 unspecified atom stereocenters. The Bertz CT molecular complexity index is 1180. The first kappa shape index (κ1) is 26.7. The van der Waals surface area contributed by atoms with Crippen LogP contribution in [0, 0.1) is 0 Å². The fraction of sp³-hybridized carbons (Fsp3) is 0.632. The molecule has 18 nitrogen and oxygen atoms in total. The number of aliphatic hydroxyl groups is 2. The smallest absolute Gasteiger partial charge is 0.335 e. The lowest BCUT2D eigenvalue weighted by Crippen LogP contribution is -2.64. The van der Waals surface area contributed by atoms with E-state index in [1.165, 1.54) is 0 Å². The monoisotopic (exact) mass is 530 g/mol. The molecule has 37 heavy (non-hydrogen) atoms. The van der Waals surface area contributed by atoms with Crippen LogP contribution in [-0.2, 0) is 28.5 Å². The molecule has 18 heteroatoms. The maximum atomic E-state index is 12.3. The standard InChI is InChI=1S/C19H26N6O12/c20-4-3-5(15(29)30)34-17(8(4)27)37-11-7(24-18(21)22)10-12(35-13(11)16(31)32)9(28)14(36-10)25-2-1-6(26)23-19(25)33/h1-2,4-5,7-14,17,27-28H,3,20H2,(H,29,30)(H,31,32)(H4,21,22,24)(H,23,26,33)/t4-,5+,7+,8-,9-,10-,11-,12+,13+,14-,17+/m1/s1. The highest BCUT2D eigenvalue weighted by atomic mass is 16.7. The van der Waals surface area contributed by atoms with Crippen molar-refractivity contribution in [2.45, 2.75) is 73.8 Å². The quantitative estimate of drug-likeness (QED) is 0.126. The average molecular weight is 530 g/mol. The lowest BCUT2D eigenvalue weighted by molar-refractivity contribution is -0.291. The first-order valence-electron chi connectivity index (χ1n) is 11.0. The van der Waals surface area contributed by atoms with Crippen molar-refractivity contribution < 1.29 is 49.0 Å². The maximum absolute atomic E-state index is 12.3. The van der Waals surface area contributed by atoms with Gasteiger partial charge in [-0.1, -0.05) is 0 Å². The Balaban J connectivity index is 1.70. The van der Waals surface area contributed by atoms with E-state index in [1.54, 1.807) is 0 Å². The van der Waals surface area contributed by atoms with Crippen LogP contribution in [0.3, 0.4) is 0 Å². The van der Waals surface area contributed by atoms with Crippen LogP contribution in [0.2, 0.25) is 0 Å². The molecule has 4 heterocycles. The number of hydrogen-bond donors (Lipinski definition) is 8. The molecule has 3 aliphatic rings. The number of ether oxygens (including phenoxy) is 4. The van der Waals surface area contributed by atoms with Crippen LogP contribution in [-0.4, -0.2) is 109 Å². The van der Waals surface area contributed by atoms with Gasteiger partial charge in [-0.25, -0.2) is 19.4 Å². The van der Waals surface area contributed by atoms with E-state index in [0.717, 1.165) is 16.8 Å². The summed E-state index contributed by atoms with van der Waals surface area (Å²) < 4.78 is 23.2. The number of aromatic nitrogens is 2. The number of aliphatic hydroxyl groups excluding tert-OH is 2. The van der Waals surface area contributed by atoms with Crippen LogP contribution in [0.15, 0.2) is 26.8 Å². The van der Waals surface area contributed by atoms with Crippen molar-refractivity contribution in [2.24, 2.45) is 22.2 Å². The Morgan fingerprint density at radius 1 is 1.08 bits per heavy atom. The molecule has 11 N–H and O–H groups in total. The van der Waals surface area contributed by atoms with Crippen molar-refractivity contribution in [3.05, 3.63) is 33.1 Å². The Hall–Kier alpha value is -3.39. The lowest BCUT2D eigenvalue weighted by Gasteiger charge is -2.44. The third-order valence-corrected chi connectivity index (χ3v) is 6.26. The fourth-order valence-electron chi connectivity index (χ4n) is 4.56. The number of carboxylic acids is 2. The highest BCUT2D eigenvalue weighted by Crippen LogP contribution is 2.40. The molecule has 0 saturated carbocycles. The molecular weight excluding hydrogens is 504 g/mol. The van der Waals surface area contributed by atoms with E-state index in [9.17, 15) is 39.6 Å². The molecule has 4 rings (SSSR count). The number of aliphatic imine (C=N–C) groups is 1. The molecular formula is C19H26N6O12. The van der Waals surface area contributed by atoms with Crippen molar-refractivity contribution in [3.8, 4) is 0 Å². The summed E-state index contributed by atoms with van der Waals surface area (Å²) in [5.41, 5.74) is 15.3. The molecule has 0 radical (unpaired) electrons. The number of aliphatic carboxylic acids is 2. The van der Waals surface area contributed by atoms with Crippen LogP contribution in [0.1, 0.15) is 12.6 Å². The third kappa shape index (κ3) is 5.07. The molecule has 0 bridgehead atoms. The van der Waals surface area contributed by atoms with E-state index in [4.69, 9.17) is 36.1 Å². The Morgan fingerprint density at radius 2 is 1.78 bits per heavy atom. The summed E-state index contributed by atoms with van der Waals surface area (Å²) in [7, 11) is 0. The van der Waals surface area contributed by atoms with Gasteiger partial charge in [0.05, 0.1) is 0 Å².